The van der Waals surface area contributed by atoms with Crippen molar-refractivity contribution in [2.75, 3.05) is 6.61 Å². The number of carbonyl (C=O) groups excluding carboxylic acids is 1. The third-order valence-corrected chi connectivity index (χ3v) is 3.33. The maximum Gasteiger partial charge on any atom is 0.224 e. The van der Waals surface area contributed by atoms with Crippen molar-refractivity contribution in [1.29, 1.82) is 5.26 Å². The third-order valence-electron chi connectivity index (χ3n) is 3.33. The molecule has 1 saturated heterocycles. The van der Waals surface area contributed by atoms with Crippen LogP contribution in [0.15, 0.2) is 30.3 Å². The zero-order valence-corrected chi connectivity index (χ0v) is 10.1. The van der Waals surface area contributed by atoms with Gasteiger partial charge >= 0.3 is 0 Å². The Morgan fingerprint density at radius 3 is 2.78 bits per heavy atom. The number of carbonyl (C=O) groups is 1. The van der Waals surface area contributed by atoms with Gasteiger partial charge in [-0.1, -0.05) is 30.3 Å². The van der Waals surface area contributed by atoms with Crippen LogP contribution >= 0.6 is 0 Å². The highest BCUT2D eigenvalue weighted by atomic mass is 16.3. The van der Waals surface area contributed by atoms with Crippen LogP contribution in [0.3, 0.4) is 0 Å². The number of benzene rings is 1. The molecular formula is C14H16N2O2. The molecule has 18 heavy (non-hydrogen) atoms. The van der Waals surface area contributed by atoms with E-state index in [-0.39, 0.29) is 12.5 Å². The van der Waals surface area contributed by atoms with Crippen LogP contribution in [0.1, 0.15) is 30.9 Å². The van der Waals surface area contributed by atoms with Crippen LogP contribution in [0.5, 0.6) is 0 Å². The number of nitriles is 1. The number of nitrogens with zero attached hydrogens (tertiary/aromatic N) is 2. The summed E-state index contributed by atoms with van der Waals surface area (Å²) in [4.78, 5) is 13.5. The Kier molecular flexibility index (Phi) is 3.96. The lowest BCUT2D eigenvalue weighted by Crippen LogP contribution is -2.46. The summed E-state index contributed by atoms with van der Waals surface area (Å²) in [6.45, 7) is -0.159. The fourth-order valence-corrected chi connectivity index (χ4v) is 2.44. The second-order valence-corrected chi connectivity index (χ2v) is 4.45. The van der Waals surface area contributed by atoms with Crippen LogP contribution in [0.4, 0.5) is 0 Å². The van der Waals surface area contributed by atoms with E-state index >= 15 is 0 Å². The fraction of sp³-hybridized carbons (Fsp3) is 0.429. The molecule has 1 amide bonds. The van der Waals surface area contributed by atoms with Crippen molar-refractivity contribution in [2.45, 2.75) is 31.3 Å². The van der Waals surface area contributed by atoms with E-state index in [4.69, 9.17) is 5.26 Å². The maximum absolute atomic E-state index is 12.0. The standard InChI is InChI=1S/C14H16N2O2/c15-9-12-7-4-8-14(18)16(12)13(10-17)11-5-2-1-3-6-11/h1-3,5-6,12-13,17H,4,7-8,10H2/t12-,13?/m0/s1. The summed E-state index contributed by atoms with van der Waals surface area (Å²) in [7, 11) is 0. The highest BCUT2D eigenvalue weighted by Crippen LogP contribution is 2.28. The maximum atomic E-state index is 12.0. The summed E-state index contributed by atoms with van der Waals surface area (Å²) < 4.78 is 0. The topological polar surface area (TPSA) is 64.3 Å². The van der Waals surface area contributed by atoms with Crippen LogP contribution in [-0.4, -0.2) is 28.6 Å². The van der Waals surface area contributed by atoms with E-state index in [9.17, 15) is 9.90 Å². The molecule has 1 heterocycles. The van der Waals surface area contributed by atoms with Crippen LogP contribution in [0.2, 0.25) is 0 Å². The minimum Gasteiger partial charge on any atom is -0.394 e. The second-order valence-electron chi connectivity index (χ2n) is 4.45. The van der Waals surface area contributed by atoms with Crippen LogP contribution in [0, 0.1) is 11.3 Å². The van der Waals surface area contributed by atoms with Crippen molar-refractivity contribution in [3.8, 4) is 6.07 Å². The molecule has 4 nitrogen and oxygen atoms in total. The number of hydrogen-bond acceptors (Lipinski definition) is 3. The van der Waals surface area contributed by atoms with Gasteiger partial charge in [0.25, 0.3) is 0 Å². The largest absolute Gasteiger partial charge is 0.394 e. The smallest absolute Gasteiger partial charge is 0.224 e. The molecule has 0 aliphatic carbocycles. The van der Waals surface area contributed by atoms with Gasteiger partial charge in [-0.15, -0.1) is 0 Å². The molecule has 1 unspecified atom stereocenters. The SMILES string of the molecule is N#C[C@@H]1CCCC(=O)N1C(CO)c1ccccc1. The van der Waals surface area contributed by atoms with Crippen molar-refractivity contribution in [3.05, 3.63) is 35.9 Å². The van der Waals surface area contributed by atoms with Crippen molar-refractivity contribution in [1.82, 2.24) is 4.90 Å². The average molecular weight is 244 g/mol. The molecule has 0 saturated carbocycles. The summed E-state index contributed by atoms with van der Waals surface area (Å²) in [5.41, 5.74) is 0.871. The summed E-state index contributed by atoms with van der Waals surface area (Å²) in [6, 6.07) is 10.7. The summed E-state index contributed by atoms with van der Waals surface area (Å²) in [6.07, 6.45) is 1.90. The van der Waals surface area contributed by atoms with E-state index in [0.29, 0.717) is 12.8 Å². The monoisotopic (exact) mass is 244 g/mol. The Balaban J connectivity index is 2.31. The molecule has 0 spiro atoms. The minimum atomic E-state index is -0.427. The number of aliphatic hydroxyl groups excluding tert-OH is 1. The van der Waals surface area contributed by atoms with E-state index in [0.717, 1.165) is 12.0 Å². The van der Waals surface area contributed by atoms with Crippen LogP contribution in [-0.2, 0) is 4.79 Å². The summed E-state index contributed by atoms with van der Waals surface area (Å²) in [5.74, 6) is -0.0456. The molecule has 0 aromatic heterocycles. The molecule has 0 radical (unpaired) electrons. The predicted molar refractivity (Wildman–Crippen MR) is 66.4 cm³/mol. The first-order chi connectivity index (χ1) is 8.77. The van der Waals surface area contributed by atoms with Crippen molar-refractivity contribution in [3.63, 3.8) is 0 Å². The summed E-state index contributed by atoms with van der Waals surface area (Å²) >= 11 is 0. The lowest BCUT2D eigenvalue weighted by atomic mass is 9.97. The van der Waals surface area contributed by atoms with Gasteiger partial charge in [0.2, 0.25) is 5.91 Å². The Hall–Kier alpha value is -1.86. The Bertz CT molecular complexity index is 453. The molecular weight excluding hydrogens is 228 g/mol. The number of aliphatic hydroxyl groups is 1. The molecule has 1 N–H and O–H groups in total. The lowest BCUT2D eigenvalue weighted by Gasteiger charge is -2.37. The van der Waals surface area contributed by atoms with Crippen molar-refractivity contribution in [2.24, 2.45) is 0 Å². The minimum absolute atomic E-state index is 0.0456. The Morgan fingerprint density at radius 1 is 1.44 bits per heavy atom. The van der Waals surface area contributed by atoms with Gasteiger partial charge in [-0.3, -0.25) is 4.79 Å². The van der Waals surface area contributed by atoms with Gasteiger partial charge < -0.3 is 10.0 Å². The molecule has 1 aliphatic heterocycles. The lowest BCUT2D eigenvalue weighted by molar-refractivity contribution is -0.139. The molecule has 1 aromatic rings. The van der Waals surface area contributed by atoms with Gasteiger partial charge in [0.1, 0.15) is 6.04 Å². The first-order valence-electron chi connectivity index (χ1n) is 6.14. The van der Waals surface area contributed by atoms with E-state index in [1.54, 1.807) is 4.90 Å². The van der Waals surface area contributed by atoms with E-state index in [1.165, 1.54) is 0 Å². The van der Waals surface area contributed by atoms with Crippen LogP contribution < -0.4 is 0 Å². The Labute approximate surface area is 106 Å². The zero-order chi connectivity index (χ0) is 13.0. The second kappa shape index (κ2) is 5.65. The molecule has 0 bridgehead atoms. The molecule has 1 aromatic carbocycles. The highest BCUT2D eigenvalue weighted by molar-refractivity contribution is 5.78. The number of rotatable bonds is 3. The predicted octanol–water partition coefficient (Wildman–Crippen LogP) is 1.62. The van der Waals surface area contributed by atoms with Gasteiger partial charge in [0.05, 0.1) is 18.7 Å². The molecule has 94 valence electrons. The van der Waals surface area contributed by atoms with Gasteiger partial charge in [-0.25, -0.2) is 0 Å². The molecule has 2 rings (SSSR count). The Morgan fingerprint density at radius 2 is 2.17 bits per heavy atom. The van der Waals surface area contributed by atoms with Crippen molar-refractivity contribution >= 4 is 5.91 Å². The van der Waals surface area contributed by atoms with Gasteiger partial charge in [-0.2, -0.15) is 5.26 Å². The number of hydrogen-bond donors (Lipinski definition) is 1. The number of piperidine rings is 1. The van der Waals surface area contributed by atoms with Gasteiger partial charge in [-0.05, 0) is 18.4 Å². The van der Waals surface area contributed by atoms with Crippen molar-refractivity contribution < 1.29 is 9.90 Å². The van der Waals surface area contributed by atoms with Gasteiger partial charge in [0, 0.05) is 6.42 Å². The van der Waals surface area contributed by atoms with E-state index in [1.807, 2.05) is 30.3 Å². The quantitative estimate of drug-likeness (QED) is 0.878. The fourth-order valence-electron chi connectivity index (χ4n) is 2.44. The zero-order valence-electron chi connectivity index (χ0n) is 10.1. The first-order valence-corrected chi connectivity index (χ1v) is 6.14. The molecule has 2 atom stereocenters. The number of likely N-dealkylation sites (tertiary alicyclic amines) is 1. The molecule has 1 aliphatic rings. The molecule has 1 fully saturated rings. The number of amides is 1. The van der Waals surface area contributed by atoms with E-state index in [2.05, 4.69) is 6.07 Å². The van der Waals surface area contributed by atoms with E-state index < -0.39 is 12.1 Å². The first kappa shape index (κ1) is 12.6. The molecule has 4 heteroatoms. The summed E-state index contributed by atoms with van der Waals surface area (Å²) in [5, 5.41) is 18.7. The van der Waals surface area contributed by atoms with Gasteiger partial charge in [0.15, 0.2) is 0 Å². The van der Waals surface area contributed by atoms with Crippen LogP contribution in [0.25, 0.3) is 0 Å². The third kappa shape index (κ3) is 2.36. The normalized spacial score (nSPS) is 21.4. The average Bonchev–Trinajstić information content (AvgIpc) is 2.42. The highest BCUT2D eigenvalue weighted by Gasteiger charge is 2.34.